The summed E-state index contributed by atoms with van der Waals surface area (Å²) in [6.07, 6.45) is 11.3. The summed E-state index contributed by atoms with van der Waals surface area (Å²) in [6.45, 7) is 2.12. The van der Waals surface area contributed by atoms with Crippen molar-refractivity contribution in [2.24, 2.45) is 0 Å². The summed E-state index contributed by atoms with van der Waals surface area (Å²) in [6, 6.07) is 5.95. The van der Waals surface area contributed by atoms with Crippen LogP contribution < -0.4 is 5.32 Å². The Morgan fingerprint density at radius 1 is 1.24 bits per heavy atom. The van der Waals surface area contributed by atoms with E-state index in [1.165, 1.54) is 43.6 Å². The van der Waals surface area contributed by atoms with Crippen molar-refractivity contribution in [1.82, 2.24) is 19.8 Å². The van der Waals surface area contributed by atoms with Gasteiger partial charge in [-0.15, -0.1) is 11.3 Å². The van der Waals surface area contributed by atoms with Crippen LogP contribution in [0.25, 0.3) is 10.2 Å². The van der Waals surface area contributed by atoms with Gasteiger partial charge in [-0.05, 0) is 55.9 Å². The third-order valence-electron chi connectivity index (χ3n) is 7.31. The third kappa shape index (κ3) is 3.97. The molecule has 2 aromatic heterocycles. The number of hydrogen-bond donors (Lipinski definition) is 1. The van der Waals surface area contributed by atoms with Crippen LogP contribution in [-0.4, -0.2) is 50.8 Å². The standard InChI is InChI=1S/C25H25ClFN5OS/c26-19-12-15(3-8-20(19)27)30-24-23-18-9-11-31(13-21(18)34-25(23)29-14-28-24)22(33)2-1-10-32-16-4-5-17(32)7-6-16/h1-3,8,12,14,16-17H,4-7,9-11,13H2,(H,28,29,30)/b2-1+. The van der Waals surface area contributed by atoms with E-state index in [0.29, 0.717) is 24.6 Å². The number of amides is 1. The Kier molecular flexibility index (Phi) is 5.75. The molecule has 0 radical (unpaired) electrons. The summed E-state index contributed by atoms with van der Waals surface area (Å²) >= 11 is 7.54. The molecule has 34 heavy (non-hydrogen) atoms. The van der Waals surface area contributed by atoms with E-state index in [0.717, 1.165) is 40.1 Å². The lowest BCUT2D eigenvalue weighted by molar-refractivity contribution is -0.126. The van der Waals surface area contributed by atoms with E-state index >= 15 is 0 Å². The minimum Gasteiger partial charge on any atom is -0.340 e. The molecule has 3 aliphatic heterocycles. The molecule has 6 rings (SSSR count). The van der Waals surface area contributed by atoms with Gasteiger partial charge in [0.2, 0.25) is 5.91 Å². The Morgan fingerprint density at radius 3 is 2.79 bits per heavy atom. The highest BCUT2D eigenvalue weighted by Crippen LogP contribution is 2.39. The van der Waals surface area contributed by atoms with Crippen LogP contribution >= 0.6 is 22.9 Å². The van der Waals surface area contributed by atoms with Crippen LogP contribution in [0.4, 0.5) is 15.9 Å². The zero-order chi connectivity index (χ0) is 23.2. The van der Waals surface area contributed by atoms with Gasteiger partial charge >= 0.3 is 0 Å². The van der Waals surface area contributed by atoms with Crippen molar-refractivity contribution >= 4 is 50.6 Å². The van der Waals surface area contributed by atoms with Gasteiger partial charge in [-0.1, -0.05) is 17.7 Å². The van der Waals surface area contributed by atoms with Crippen LogP contribution in [0.15, 0.2) is 36.7 Å². The SMILES string of the molecule is O=C(/C=C/CN1C2CCC1CC2)N1CCc2c(sc3ncnc(Nc4ccc(F)c(Cl)c4)c23)C1. The second-order valence-electron chi connectivity index (χ2n) is 9.23. The van der Waals surface area contributed by atoms with E-state index in [9.17, 15) is 9.18 Å². The van der Waals surface area contributed by atoms with Gasteiger partial charge in [-0.2, -0.15) is 0 Å². The number of aromatic nitrogens is 2. The predicted octanol–water partition coefficient (Wildman–Crippen LogP) is 5.30. The molecule has 5 heterocycles. The van der Waals surface area contributed by atoms with Gasteiger partial charge in [0.05, 0.1) is 17.0 Å². The first-order valence-electron chi connectivity index (χ1n) is 11.8. The maximum Gasteiger partial charge on any atom is 0.246 e. The summed E-state index contributed by atoms with van der Waals surface area (Å²) in [7, 11) is 0. The molecule has 2 saturated heterocycles. The van der Waals surface area contributed by atoms with Crippen molar-refractivity contribution in [2.45, 2.75) is 50.7 Å². The summed E-state index contributed by atoms with van der Waals surface area (Å²) in [5, 5.41) is 4.29. The molecule has 0 spiro atoms. The smallest absolute Gasteiger partial charge is 0.246 e. The zero-order valence-electron chi connectivity index (χ0n) is 18.6. The molecule has 0 aliphatic carbocycles. The lowest BCUT2D eigenvalue weighted by atomic mass is 10.0. The number of nitrogens with one attached hydrogen (secondary N) is 1. The van der Waals surface area contributed by atoms with Crippen molar-refractivity contribution < 1.29 is 9.18 Å². The van der Waals surface area contributed by atoms with Crippen LogP contribution in [0.1, 0.15) is 36.1 Å². The van der Waals surface area contributed by atoms with Crippen molar-refractivity contribution in [2.75, 3.05) is 18.4 Å². The van der Waals surface area contributed by atoms with Crippen LogP contribution in [-0.2, 0) is 17.8 Å². The van der Waals surface area contributed by atoms with Gasteiger partial charge in [-0.3, -0.25) is 9.69 Å². The van der Waals surface area contributed by atoms with Gasteiger partial charge in [-0.25, -0.2) is 14.4 Å². The fourth-order valence-electron chi connectivity index (χ4n) is 5.62. The monoisotopic (exact) mass is 497 g/mol. The maximum absolute atomic E-state index is 13.5. The number of carbonyl (C=O) groups excluding carboxylic acids is 1. The summed E-state index contributed by atoms with van der Waals surface area (Å²) in [4.78, 5) is 28.3. The lowest BCUT2D eigenvalue weighted by Gasteiger charge is -2.26. The number of halogens is 2. The molecule has 3 aliphatic rings. The van der Waals surface area contributed by atoms with Gasteiger partial charge in [0.1, 0.15) is 22.8 Å². The summed E-state index contributed by atoms with van der Waals surface area (Å²) < 4.78 is 13.5. The highest BCUT2D eigenvalue weighted by atomic mass is 35.5. The molecule has 9 heteroatoms. The number of carbonyl (C=O) groups is 1. The molecule has 0 saturated carbocycles. The summed E-state index contributed by atoms with van der Waals surface area (Å²) in [5.41, 5.74) is 1.84. The predicted molar refractivity (Wildman–Crippen MR) is 133 cm³/mol. The number of thiophene rings is 1. The Morgan fingerprint density at radius 2 is 2.03 bits per heavy atom. The number of fused-ring (bicyclic) bond motifs is 5. The number of nitrogens with zero attached hydrogens (tertiary/aromatic N) is 4. The highest BCUT2D eigenvalue weighted by Gasteiger charge is 2.38. The van der Waals surface area contributed by atoms with E-state index in [-0.39, 0.29) is 10.9 Å². The first kappa shape index (κ1) is 21.9. The third-order valence-corrected chi connectivity index (χ3v) is 8.73. The zero-order valence-corrected chi connectivity index (χ0v) is 20.2. The normalized spacial score (nSPS) is 22.1. The maximum atomic E-state index is 13.5. The average molecular weight is 498 g/mol. The van der Waals surface area contributed by atoms with E-state index < -0.39 is 5.82 Å². The van der Waals surface area contributed by atoms with Crippen molar-refractivity contribution in [3.8, 4) is 0 Å². The number of benzene rings is 1. The number of anilines is 2. The Balaban J connectivity index is 1.18. The number of hydrogen-bond acceptors (Lipinski definition) is 6. The quantitative estimate of drug-likeness (QED) is 0.485. The van der Waals surface area contributed by atoms with Crippen LogP contribution in [0.3, 0.4) is 0 Å². The van der Waals surface area contributed by atoms with Gasteiger partial charge < -0.3 is 10.2 Å². The van der Waals surface area contributed by atoms with E-state index in [1.807, 2.05) is 11.0 Å². The molecule has 1 N–H and O–H groups in total. The Hall–Kier alpha value is -2.55. The molecule has 0 atom stereocenters. The highest BCUT2D eigenvalue weighted by molar-refractivity contribution is 7.19. The van der Waals surface area contributed by atoms with Crippen molar-refractivity contribution in [3.05, 3.63) is 58.0 Å². The molecule has 0 unspecified atom stereocenters. The van der Waals surface area contributed by atoms with Crippen LogP contribution in [0.2, 0.25) is 5.02 Å². The summed E-state index contributed by atoms with van der Waals surface area (Å²) in [5.74, 6) is 0.282. The Bertz CT molecular complexity index is 1270. The molecule has 1 amide bonds. The minimum atomic E-state index is -0.459. The second kappa shape index (κ2) is 8.91. The fraction of sp³-hybridized carbons (Fsp3) is 0.400. The average Bonchev–Trinajstić information content (AvgIpc) is 3.53. The molecule has 1 aromatic carbocycles. The second-order valence-corrected chi connectivity index (χ2v) is 10.7. The minimum absolute atomic E-state index is 0.0576. The molecule has 3 aromatic rings. The first-order valence-corrected chi connectivity index (χ1v) is 12.9. The molecule has 6 nitrogen and oxygen atoms in total. The van der Waals surface area contributed by atoms with E-state index in [1.54, 1.807) is 29.5 Å². The van der Waals surface area contributed by atoms with Crippen LogP contribution in [0, 0.1) is 5.82 Å². The van der Waals surface area contributed by atoms with E-state index in [2.05, 4.69) is 20.2 Å². The van der Waals surface area contributed by atoms with Crippen molar-refractivity contribution in [3.63, 3.8) is 0 Å². The number of rotatable bonds is 5. The van der Waals surface area contributed by atoms with Gasteiger partial charge in [0, 0.05) is 41.8 Å². The van der Waals surface area contributed by atoms with E-state index in [4.69, 9.17) is 11.6 Å². The lowest BCUT2D eigenvalue weighted by Crippen LogP contribution is -2.34. The molecule has 2 fully saturated rings. The molecular formula is C25H25ClFN5OS. The molecule has 2 bridgehead atoms. The first-order chi connectivity index (χ1) is 16.6. The fourth-order valence-corrected chi connectivity index (χ4v) is 7.00. The molecular weight excluding hydrogens is 473 g/mol. The topological polar surface area (TPSA) is 61.4 Å². The Labute approximate surface area is 206 Å². The molecule has 176 valence electrons. The van der Waals surface area contributed by atoms with Crippen molar-refractivity contribution in [1.29, 1.82) is 0 Å². The largest absolute Gasteiger partial charge is 0.340 e. The van der Waals surface area contributed by atoms with Gasteiger partial charge in [0.25, 0.3) is 0 Å². The van der Waals surface area contributed by atoms with Crippen LogP contribution in [0.5, 0.6) is 0 Å². The van der Waals surface area contributed by atoms with Gasteiger partial charge in [0.15, 0.2) is 0 Å².